The van der Waals surface area contributed by atoms with E-state index in [0.717, 1.165) is 4.68 Å². The molecule has 0 saturated heterocycles. The monoisotopic (exact) mass is 343 g/mol. The minimum absolute atomic E-state index is 0.0509. The minimum atomic E-state index is -5.28. The number of alkyl halides is 3. The summed E-state index contributed by atoms with van der Waals surface area (Å²) in [4.78, 5) is 23.1. The first-order chi connectivity index (χ1) is 11.3. The van der Waals surface area contributed by atoms with Crippen LogP contribution in [0, 0.1) is 0 Å². The van der Waals surface area contributed by atoms with Crippen molar-refractivity contribution in [3.63, 3.8) is 0 Å². The summed E-state index contributed by atoms with van der Waals surface area (Å²) in [6.45, 7) is 1.34. The molecule has 0 radical (unpaired) electrons. The number of halogens is 3. The molecule has 8 nitrogen and oxygen atoms in total. The van der Waals surface area contributed by atoms with Crippen LogP contribution < -0.4 is 4.90 Å². The highest BCUT2D eigenvalue weighted by Crippen LogP contribution is 2.26. The number of nitrogens with zero attached hydrogens (tertiary/aromatic N) is 5. The van der Waals surface area contributed by atoms with E-state index in [4.69, 9.17) is 0 Å². The second kappa shape index (κ2) is 6.64. The number of carbonyl (C=O) groups excluding carboxylic acids is 1. The molecule has 128 valence electrons. The van der Waals surface area contributed by atoms with Crippen LogP contribution >= 0.6 is 0 Å². The molecule has 2 aromatic rings. The fourth-order valence-electron chi connectivity index (χ4n) is 2.04. The lowest BCUT2D eigenvalue weighted by Gasteiger charge is -2.27. The number of tetrazole rings is 1. The molecule has 0 aliphatic heterocycles. The quantitative estimate of drug-likeness (QED) is 0.881. The van der Waals surface area contributed by atoms with Gasteiger partial charge in [-0.15, -0.1) is 0 Å². The summed E-state index contributed by atoms with van der Waals surface area (Å²) in [5, 5.41) is 19.4. The summed E-state index contributed by atoms with van der Waals surface area (Å²) in [5.41, 5.74) is 0.276. The molecule has 0 aliphatic carbocycles. The second-order valence-corrected chi connectivity index (χ2v) is 4.66. The smallest absolute Gasteiger partial charge is 0.471 e. The molecule has 1 aromatic heterocycles. The minimum Gasteiger partial charge on any atom is -0.480 e. The van der Waals surface area contributed by atoms with Crippen molar-refractivity contribution in [1.82, 2.24) is 20.2 Å². The summed E-state index contributed by atoms with van der Waals surface area (Å²) in [5.74, 6) is -4.58. The number of aliphatic carboxylic acids is 1. The third kappa shape index (κ3) is 3.34. The van der Waals surface area contributed by atoms with Crippen molar-refractivity contribution in [3.05, 3.63) is 30.3 Å². The number of aromatic nitrogens is 4. The van der Waals surface area contributed by atoms with Gasteiger partial charge < -0.3 is 5.11 Å². The highest BCUT2D eigenvalue weighted by molar-refractivity contribution is 6.00. The summed E-state index contributed by atoms with van der Waals surface area (Å²) >= 11 is 0. The van der Waals surface area contributed by atoms with E-state index < -0.39 is 30.0 Å². The Morgan fingerprint density at radius 1 is 1.29 bits per heavy atom. The van der Waals surface area contributed by atoms with Gasteiger partial charge in [0.15, 0.2) is 0 Å². The third-order valence-electron chi connectivity index (χ3n) is 3.11. The van der Waals surface area contributed by atoms with Crippen molar-refractivity contribution in [2.45, 2.75) is 25.6 Å². The molecule has 1 atom stereocenters. The Bertz CT molecular complexity index is 732. The fourth-order valence-corrected chi connectivity index (χ4v) is 2.04. The molecule has 1 N–H and O–H groups in total. The molecule has 11 heteroatoms. The molecule has 0 bridgehead atoms. The molecule has 2 rings (SSSR count). The molecule has 1 heterocycles. The topological polar surface area (TPSA) is 101 Å². The molecule has 24 heavy (non-hydrogen) atoms. The number of hydrogen-bond donors (Lipinski definition) is 1. The summed E-state index contributed by atoms with van der Waals surface area (Å²) in [6.07, 6.45) is -5.55. The van der Waals surface area contributed by atoms with Crippen LogP contribution in [0.1, 0.15) is 13.3 Å². The number of carbonyl (C=O) groups is 2. The van der Waals surface area contributed by atoms with Crippen LogP contribution in [0.4, 0.5) is 19.1 Å². The first-order valence-corrected chi connectivity index (χ1v) is 6.74. The van der Waals surface area contributed by atoms with Crippen molar-refractivity contribution in [3.8, 4) is 5.69 Å². The molecule has 1 unspecified atom stereocenters. The van der Waals surface area contributed by atoms with Crippen LogP contribution in [0.25, 0.3) is 5.69 Å². The van der Waals surface area contributed by atoms with Crippen LogP contribution in [-0.4, -0.2) is 49.4 Å². The zero-order chi connectivity index (χ0) is 17.9. The Kier molecular flexibility index (Phi) is 4.81. The number of benzene rings is 1. The number of anilines is 1. The number of rotatable bonds is 5. The largest absolute Gasteiger partial charge is 0.480 e. The standard InChI is InChI=1S/C13H12F3N5O3/c1-2-9(10(22)23)20(11(24)13(14,15)16)12-17-18-19-21(12)8-6-4-3-5-7-8/h3-7,9H,2H2,1H3,(H,22,23). The van der Waals surface area contributed by atoms with Crippen molar-refractivity contribution >= 4 is 17.8 Å². The van der Waals surface area contributed by atoms with Gasteiger partial charge in [-0.1, -0.05) is 30.2 Å². The van der Waals surface area contributed by atoms with Crippen LogP contribution in [0.2, 0.25) is 0 Å². The van der Waals surface area contributed by atoms with Gasteiger partial charge in [0, 0.05) is 0 Å². The zero-order valence-electron chi connectivity index (χ0n) is 12.3. The van der Waals surface area contributed by atoms with Crippen LogP contribution in [0.3, 0.4) is 0 Å². The van der Waals surface area contributed by atoms with E-state index in [1.165, 1.54) is 19.1 Å². The SMILES string of the molecule is CCC(C(=O)O)N(C(=O)C(F)(F)F)c1nnnn1-c1ccccc1. The maximum atomic E-state index is 12.9. The van der Waals surface area contributed by atoms with E-state index in [-0.39, 0.29) is 17.0 Å². The fraction of sp³-hybridized carbons (Fsp3) is 0.308. The number of hydrogen-bond acceptors (Lipinski definition) is 5. The van der Waals surface area contributed by atoms with Gasteiger partial charge in [-0.2, -0.15) is 17.9 Å². The predicted molar refractivity (Wildman–Crippen MR) is 74.4 cm³/mol. The van der Waals surface area contributed by atoms with Crippen LogP contribution in [0.5, 0.6) is 0 Å². The van der Waals surface area contributed by atoms with Gasteiger partial charge in [-0.05, 0) is 29.0 Å². The van der Waals surface area contributed by atoms with Crippen molar-refractivity contribution in [2.75, 3.05) is 4.90 Å². The molecular weight excluding hydrogens is 331 g/mol. The Labute approximate surface area is 133 Å². The van der Waals surface area contributed by atoms with Crippen molar-refractivity contribution < 1.29 is 27.9 Å². The molecule has 0 saturated carbocycles. The number of carboxylic acids is 1. The summed E-state index contributed by atoms with van der Waals surface area (Å²) in [7, 11) is 0. The highest BCUT2D eigenvalue weighted by Gasteiger charge is 2.48. The lowest BCUT2D eigenvalue weighted by Crippen LogP contribution is -2.51. The number of para-hydroxylation sites is 1. The molecule has 1 aromatic carbocycles. The lowest BCUT2D eigenvalue weighted by molar-refractivity contribution is -0.172. The number of carboxylic acid groups (broad SMARTS) is 1. The molecule has 0 aliphatic rings. The predicted octanol–water partition coefficient (Wildman–Crippen LogP) is 1.42. The maximum absolute atomic E-state index is 12.9. The Hall–Kier alpha value is -2.98. The average Bonchev–Trinajstić information content (AvgIpc) is 3.00. The van der Waals surface area contributed by atoms with Gasteiger partial charge in [0.05, 0.1) is 5.69 Å². The second-order valence-electron chi connectivity index (χ2n) is 4.66. The van der Waals surface area contributed by atoms with Crippen molar-refractivity contribution in [1.29, 1.82) is 0 Å². The average molecular weight is 343 g/mol. The van der Waals surface area contributed by atoms with Gasteiger partial charge in [0.2, 0.25) is 0 Å². The van der Waals surface area contributed by atoms with Gasteiger partial charge in [-0.25, -0.2) is 4.79 Å². The Morgan fingerprint density at radius 2 is 1.92 bits per heavy atom. The van der Waals surface area contributed by atoms with E-state index in [1.807, 2.05) is 0 Å². The Balaban J connectivity index is 2.59. The molecular formula is C13H12F3N5O3. The van der Waals surface area contributed by atoms with Gasteiger partial charge in [-0.3, -0.25) is 9.69 Å². The van der Waals surface area contributed by atoms with Gasteiger partial charge in [0.25, 0.3) is 5.95 Å². The lowest BCUT2D eigenvalue weighted by atomic mass is 10.2. The van der Waals surface area contributed by atoms with Gasteiger partial charge in [0.1, 0.15) is 6.04 Å². The zero-order valence-corrected chi connectivity index (χ0v) is 12.3. The first kappa shape index (κ1) is 17.4. The molecule has 0 fully saturated rings. The molecule has 1 amide bonds. The van der Waals surface area contributed by atoms with E-state index >= 15 is 0 Å². The number of amides is 1. The van der Waals surface area contributed by atoms with Gasteiger partial charge >= 0.3 is 18.1 Å². The van der Waals surface area contributed by atoms with E-state index in [0.29, 0.717) is 0 Å². The maximum Gasteiger partial charge on any atom is 0.471 e. The van der Waals surface area contributed by atoms with E-state index in [9.17, 15) is 27.9 Å². The third-order valence-corrected chi connectivity index (χ3v) is 3.11. The van der Waals surface area contributed by atoms with Crippen LogP contribution in [0.15, 0.2) is 30.3 Å². The van der Waals surface area contributed by atoms with E-state index in [1.54, 1.807) is 18.2 Å². The van der Waals surface area contributed by atoms with E-state index in [2.05, 4.69) is 15.5 Å². The highest BCUT2D eigenvalue weighted by atomic mass is 19.4. The van der Waals surface area contributed by atoms with Crippen LogP contribution in [-0.2, 0) is 9.59 Å². The summed E-state index contributed by atoms with van der Waals surface area (Å²) < 4.78 is 39.6. The molecule has 0 spiro atoms. The first-order valence-electron chi connectivity index (χ1n) is 6.74. The Morgan fingerprint density at radius 3 is 2.42 bits per heavy atom. The normalized spacial score (nSPS) is 12.7. The summed E-state index contributed by atoms with van der Waals surface area (Å²) in [6, 6.07) is 6.07. The van der Waals surface area contributed by atoms with Crippen molar-refractivity contribution in [2.24, 2.45) is 0 Å².